The van der Waals surface area contributed by atoms with E-state index in [0.717, 1.165) is 25.0 Å². The lowest BCUT2D eigenvalue weighted by atomic mass is 9.98. The first-order chi connectivity index (χ1) is 12.6. The Kier molecular flexibility index (Phi) is 6.19. The van der Waals surface area contributed by atoms with E-state index in [1.54, 1.807) is 11.8 Å². The largest absolute Gasteiger partial charge is 0.356 e. The van der Waals surface area contributed by atoms with Crippen molar-refractivity contribution in [3.63, 3.8) is 0 Å². The van der Waals surface area contributed by atoms with Crippen LogP contribution in [0, 0.1) is 0 Å². The van der Waals surface area contributed by atoms with Gasteiger partial charge >= 0.3 is 6.03 Å². The minimum Gasteiger partial charge on any atom is -0.356 e. The molecule has 0 atom stereocenters. The molecule has 2 aliphatic rings. The van der Waals surface area contributed by atoms with Gasteiger partial charge in [0.25, 0.3) is 5.91 Å². The van der Waals surface area contributed by atoms with Gasteiger partial charge in [0.15, 0.2) is 0 Å². The number of carbonyl (C=O) groups excluding carboxylic acids is 3. The Morgan fingerprint density at radius 2 is 1.92 bits per heavy atom. The van der Waals surface area contributed by atoms with Crippen molar-refractivity contribution in [2.24, 2.45) is 0 Å². The van der Waals surface area contributed by atoms with Gasteiger partial charge in [-0.1, -0.05) is 31.0 Å². The monoisotopic (exact) mass is 375 g/mol. The van der Waals surface area contributed by atoms with Gasteiger partial charge in [0.05, 0.1) is 0 Å². The average Bonchev–Trinajstić information content (AvgIpc) is 3.20. The van der Waals surface area contributed by atoms with Crippen LogP contribution in [0.15, 0.2) is 35.2 Å². The van der Waals surface area contributed by atoms with Crippen molar-refractivity contribution >= 4 is 29.6 Å². The number of benzene rings is 1. The molecule has 7 heteroatoms. The van der Waals surface area contributed by atoms with Crippen LogP contribution in [-0.2, 0) is 9.59 Å². The zero-order valence-electron chi connectivity index (χ0n) is 14.8. The molecule has 0 bridgehead atoms. The summed E-state index contributed by atoms with van der Waals surface area (Å²) in [4.78, 5) is 38.9. The summed E-state index contributed by atoms with van der Waals surface area (Å²) in [5.41, 5.74) is -0.692. The number of hydrogen-bond donors (Lipinski definition) is 2. The number of amides is 4. The molecular formula is C19H25N3O3S. The second kappa shape index (κ2) is 8.58. The Labute approximate surface area is 158 Å². The maximum absolute atomic E-state index is 12.5. The predicted octanol–water partition coefficient (Wildman–Crippen LogP) is 2.54. The minimum absolute atomic E-state index is 0.123. The van der Waals surface area contributed by atoms with E-state index in [2.05, 4.69) is 22.8 Å². The third-order valence-electron chi connectivity index (χ3n) is 4.92. The van der Waals surface area contributed by atoms with Gasteiger partial charge in [-0.05, 0) is 37.1 Å². The molecule has 1 aliphatic heterocycles. The molecule has 0 unspecified atom stereocenters. The van der Waals surface area contributed by atoms with Crippen LogP contribution in [0.5, 0.6) is 0 Å². The molecule has 1 aromatic rings. The van der Waals surface area contributed by atoms with Crippen molar-refractivity contribution in [1.82, 2.24) is 15.5 Å². The molecule has 0 radical (unpaired) electrons. The number of nitrogens with one attached hydrogen (secondary N) is 2. The van der Waals surface area contributed by atoms with Gasteiger partial charge in [-0.15, -0.1) is 11.8 Å². The molecule has 1 spiro atoms. The van der Waals surface area contributed by atoms with Gasteiger partial charge in [-0.3, -0.25) is 14.5 Å². The first-order valence-electron chi connectivity index (χ1n) is 9.19. The molecule has 6 nitrogen and oxygen atoms in total. The number of nitrogens with zero attached hydrogens (tertiary/aromatic N) is 1. The average molecular weight is 375 g/mol. The van der Waals surface area contributed by atoms with Crippen LogP contribution in [0.25, 0.3) is 0 Å². The normalized spacial score (nSPS) is 18.4. The third-order valence-corrected chi connectivity index (χ3v) is 6.02. The molecule has 26 heavy (non-hydrogen) atoms. The van der Waals surface area contributed by atoms with Crippen molar-refractivity contribution in [3.8, 4) is 0 Å². The van der Waals surface area contributed by atoms with E-state index in [1.807, 2.05) is 18.2 Å². The summed E-state index contributed by atoms with van der Waals surface area (Å²) in [7, 11) is 0. The Morgan fingerprint density at radius 1 is 1.19 bits per heavy atom. The predicted molar refractivity (Wildman–Crippen MR) is 101 cm³/mol. The lowest BCUT2D eigenvalue weighted by Crippen LogP contribution is -2.44. The van der Waals surface area contributed by atoms with E-state index in [-0.39, 0.29) is 30.8 Å². The molecule has 1 aromatic carbocycles. The molecule has 1 saturated carbocycles. The van der Waals surface area contributed by atoms with Crippen LogP contribution in [0.3, 0.4) is 0 Å². The number of rotatable bonds is 8. The highest BCUT2D eigenvalue weighted by molar-refractivity contribution is 7.99. The molecule has 3 rings (SSSR count). The SMILES string of the molecule is O=C(CCN1C(=O)NC2(CCCC2)C1=O)NCCCSc1ccccc1. The molecule has 4 amide bonds. The molecule has 140 valence electrons. The van der Waals surface area contributed by atoms with Gasteiger partial charge in [0.2, 0.25) is 5.91 Å². The second-order valence-electron chi connectivity index (χ2n) is 6.79. The summed E-state index contributed by atoms with van der Waals surface area (Å²) >= 11 is 1.76. The van der Waals surface area contributed by atoms with Crippen LogP contribution in [-0.4, -0.2) is 47.1 Å². The van der Waals surface area contributed by atoms with Crippen LogP contribution >= 0.6 is 11.8 Å². The maximum Gasteiger partial charge on any atom is 0.325 e. The molecule has 2 N–H and O–H groups in total. The fraction of sp³-hybridized carbons (Fsp3) is 0.526. The van der Waals surface area contributed by atoms with Gasteiger partial charge < -0.3 is 10.6 Å². The van der Waals surface area contributed by atoms with Crippen LogP contribution < -0.4 is 10.6 Å². The first kappa shape index (κ1) is 18.8. The molecule has 0 aromatic heterocycles. The number of hydrogen-bond acceptors (Lipinski definition) is 4. The van der Waals surface area contributed by atoms with Crippen LogP contribution in [0.4, 0.5) is 4.79 Å². The zero-order valence-corrected chi connectivity index (χ0v) is 15.6. The van der Waals surface area contributed by atoms with Crippen molar-refractivity contribution in [3.05, 3.63) is 30.3 Å². The quantitative estimate of drug-likeness (QED) is 0.416. The Hall–Kier alpha value is -2.02. The van der Waals surface area contributed by atoms with Crippen molar-refractivity contribution in [1.29, 1.82) is 0 Å². The highest BCUT2D eigenvalue weighted by atomic mass is 32.2. The highest BCUT2D eigenvalue weighted by Crippen LogP contribution is 2.34. The third kappa shape index (κ3) is 4.38. The standard InChI is InChI=1S/C19H25N3O3S/c23-16(20-12-6-14-26-15-7-2-1-3-8-15)9-13-22-17(24)19(21-18(22)25)10-4-5-11-19/h1-3,7-8H,4-6,9-14H2,(H,20,23)(H,21,25). The topological polar surface area (TPSA) is 78.5 Å². The van der Waals surface area contributed by atoms with Gasteiger partial charge in [-0.25, -0.2) is 4.79 Å². The number of imide groups is 1. The van der Waals surface area contributed by atoms with E-state index >= 15 is 0 Å². The zero-order chi connectivity index (χ0) is 18.4. The molecular weight excluding hydrogens is 350 g/mol. The lowest BCUT2D eigenvalue weighted by molar-refractivity contribution is -0.131. The fourth-order valence-electron chi connectivity index (χ4n) is 3.51. The molecule has 1 aliphatic carbocycles. The van der Waals surface area contributed by atoms with Crippen molar-refractivity contribution in [2.75, 3.05) is 18.8 Å². The smallest absolute Gasteiger partial charge is 0.325 e. The van der Waals surface area contributed by atoms with E-state index in [1.165, 1.54) is 9.80 Å². The number of carbonyl (C=O) groups is 3. The van der Waals surface area contributed by atoms with E-state index in [9.17, 15) is 14.4 Å². The van der Waals surface area contributed by atoms with Gasteiger partial charge in [-0.2, -0.15) is 0 Å². The van der Waals surface area contributed by atoms with Crippen LogP contribution in [0.2, 0.25) is 0 Å². The second-order valence-corrected chi connectivity index (χ2v) is 7.96. The maximum atomic E-state index is 12.5. The number of urea groups is 1. The van der Waals surface area contributed by atoms with Gasteiger partial charge in [0.1, 0.15) is 5.54 Å². The van der Waals surface area contributed by atoms with Gasteiger partial charge in [0, 0.05) is 24.4 Å². The fourth-order valence-corrected chi connectivity index (χ4v) is 4.38. The first-order valence-corrected chi connectivity index (χ1v) is 10.2. The summed E-state index contributed by atoms with van der Waals surface area (Å²) in [5, 5.41) is 5.69. The summed E-state index contributed by atoms with van der Waals surface area (Å²) in [6.45, 7) is 0.750. The summed E-state index contributed by atoms with van der Waals surface area (Å²) in [6, 6.07) is 9.79. The lowest BCUT2D eigenvalue weighted by Gasteiger charge is -2.19. The Bertz CT molecular complexity index is 659. The Balaban J connectivity index is 1.33. The Morgan fingerprint density at radius 3 is 2.65 bits per heavy atom. The molecule has 1 heterocycles. The molecule has 1 saturated heterocycles. The number of thioether (sulfide) groups is 1. The highest BCUT2D eigenvalue weighted by Gasteiger charge is 2.52. The van der Waals surface area contributed by atoms with Crippen molar-refractivity contribution in [2.45, 2.75) is 49.0 Å². The summed E-state index contributed by atoms with van der Waals surface area (Å²) < 4.78 is 0. The van der Waals surface area contributed by atoms with E-state index < -0.39 is 5.54 Å². The minimum atomic E-state index is -0.692. The summed E-state index contributed by atoms with van der Waals surface area (Å²) in [6.07, 6.45) is 4.36. The van der Waals surface area contributed by atoms with Crippen molar-refractivity contribution < 1.29 is 14.4 Å². The molecule has 2 fully saturated rings. The van der Waals surface area contributed by atoms with Crippen LogP contribution in [0.1, 0.15) is 38.5 Å². The van der Waals surface area contributed by atoms with E-state index in [0.29, 0.717) is 19.4 Å². The summed E-state index contributed by atoms with van der Waals surface area (Å²) in [5.74, 6) is 0.648. The van der Waals surface area contributed by atoms with E-state index in [4.69, 9.17) is 0 Å².